The molecule has 2 aromatic heterocycles. The molecule has 0 fully saturated rings. The van der Waals surface area contributed by atoms with Crippen molar-refractivity contribution in [2.75, 3.05) is 11.9 Å². The van der Waals surface area contributed by atoms with Crippen LogP contribution in [0, 0.1) is 0 Å². The standard InChI is InChI=1S/C14H18N4/c1-3-11-5-6-12(16-10-11)9-13-7-8-14(15-4-2)18-17-13/h5-8,10H,3-4,9H2,1-2H3,(H,15,18). The molecule has 0 radical (unpaired) electrons. The Hall–Kier alpha value is -1.97. The smallest absolute Gasteiger partial charge is 0.148 e. The Kier molecular flexibility index (Phi) is 4.23. The number of hydrogen-bond donors (Lipinski definition) is 1. The Morgan fingerprint density at radius 3 is 2.39 bits per heavy atom. The van der Waals surface area contributed by atoms with Gasteiger partial charge in [-0.3, -0.25) is 4.98 Å². The molecule has 0 spiro atoms. The van der Waals surface area contributed by atoms with Gasteiger partial charge >= 0.3 is 0 Å². The van der Waals surface area contributed by atoms with Gasteiger partial charge in [-0.05, 0) is 37.1 Å². The second-order valence-electron chi connectivity index (χ2n) is 4.13. The van der Waals surface area contributed by atoms with Crippen molar-refractivity contribution in [1.82, 2.24) is 15.2 Å². The fourth-order valence-corrected chi connectivity index (χ4v) is 1.68. The molecule has 0 bridgehead atoms. The molecule has 0 aliphatic rings. The number of nitrogens with one attached hydrogen (secondary N) is 1. The zero-order valence-corrected chi connectivity index (χ0v) is 10.8. The van der Waals surface area contributed by atoms with Gasteiger partial charge in [-0.2, -0.15) is 5.10 Å². The quantitative estimate of drug-likeness (QED) is 0.875. The van der Waals surface area contributed by atoms with Gasteiger partial charge in [-0.15, -0.1) is 5.10 Å². The minimum atomic E-state index is 0.726. The van der Waals surface area contributed by atoms with Gasteiger partial charge in [-0.1, -0.05) is 13.0 Å². The number of nitrogens with zero attached hydrogens (tertiary/aromatic N) is 3. The Labute approximate surface area is 107 Å². The van der Waals surface area contributed by atoms with E-state index >= 15 is 0 Å². The highest BCUT2D eigenvalue weighted by Crippen LogP contribution is 2.08. The van der Waals surface area contributed by atoms with E-state index < -0.39 is 0 Å². The number of anilines is 1. The van der Waals surface area contributed by atoms with Gasteiger partial charge < -0.3 is 5.32 Å². The second-order valence-corrected chi connectivity index (χ2v) is 4.13. The zero-order valence-electron chi connectivity index (χ0n) is 10.8. The van der Waals surface area contributed by atoms with Gasteiger partial charge in [0.2, 0.25) is 0 Å². The molecule has 1 N–H and O–H groups in total. The highest BCUT2D eigenvalue weighted by atomic mass is 15.2. The molecule has 0 atom stereocenters. The number of rotatable bonds is 5. The van der Waals surface area contributed by atoms with Crippen LogP contribution >= 0.6 is 0 Å². The summed E-state index contributed by atoms with van der Waals surface area (Å²) in [6, 6.07) is 8.11. The third-order valence-corrected chi connectivity index (χ3v) is 2.73. The van der Waals surface area contributed by atoms with Crippen molar-refractivity contribution in [3.63, 3.8) is 0 Å². The van der Waals surface area contributed by atoms with Crippen molar-refractivity contribution >= 4 is 5.82 Å². The fourth-order valence-electron chi connectivity index (χ4n) is 1.68. The molecule has 0 aromatic carbocycles. The van der Waals surface area contributed by atoms with Crippen LogP contribution in [0.4, 0.5) is 5.82 Å². The normalized spacial score (nSPS) is 10.3. The number of aryl methyl sites for hydroxylation is 1. The number of aromatic nitrogens is 3. The summed E-state index contributed by atoms with van der Waals surface area (Å²) in [5.41, 5.74) is 3.22. The average Bonchev–Trinajstić information content (AvgIpc) is 2.42. The van der Waals surface area contributed by atoms with Gasteiger partial charge in [0.15, 0.2) is 0 Å². The first-order valence-corrected chi connectivity index (χ1v) is 6.32. The summed E-state index contributed by atoms with van der Waals surface area (Å²) in [5.74, 6) is 0.815. The third kappa shape index (κ3) is 3.26. The Morgan fingerprint density at radius 1 is 1.00 bits per heavy atom. The topological polar surface area (TPSA) is 50.7 Å². The molecular formula is C14H18N4. The molecule has 0 aliphatic heterocycles. The molecule has 94 valence electrons. The molecule has 2 rings (SSSR count). The molecule has 0 saturated heterocycles. The minimum Gasteiger partial charge on any atom is -0.369 e. The first-order chi connectivity index (χ1) is 8.81. The van der Waals surface area contributed by atoms with Crippen LogP contribution in [-0.2, 0) is 12.8 Å². The lowest BCUT2D eigenvalue weighted by atomic mass is 10.1. The molecule has 2 aromatic rings. The molecular weight excluding hydrogens is 224 g/mol. The van der Waals surface area contributed by atoms with Crippen LogP contribution in [0.2, 0.25) is 0 Å². The summed E-state index contributed by atoms with van der Waals surface area (Å²) in [6.45, 7) is 5.02. The van der Waals surface area contributed by atoms with E-state index in [0.717, 1.165) is 36.6 Å². The van der Waals surface area contributed by atoms with E-state index in [2.05, 4.69) is 39.6 Å². The van der Waals surface area contributed by atoms with Crippen LogP contribution in [-0.4, -0.2) is 21.7 Å². The van der Waals surface area contributed by atoms with E-state index in [4.69, 9.17) is 0 Å². The van der Waals surface area contributed by atoms with E-state index in [1.807, 2.05) is 25.3 Å². The van der Waals surface area contributed by atoms with Crippen molar-refractivity contribution in [2.45, 2.75) is 26.7 Å². The van der Waals surface area contributed by atoms with Crippen molar-refractivity contribution in [1.29, 1.82) is 0 Å². The monoisotopic (exact) mass is 242 g/mol. The number of hydrogen-bond acceptors (Lipinski definition) is 4. The summed E-state index contributed by atoms with van der Waals surface area (Å²) in [7, 11) is 0. The van der Waals surface area contributed by atoms with Gasteiger partial charge in [0.25, 0.3) is 0 Å². The summed E-state index contributed by atoms with van der Waals surface area (Å²) >= 11 is 0. The van der Waals surface area contributed by atoms with Gasteiger partial charge in [-0.25, -0.2) is 0 Å². The van der Waals surface area contributed by atoms with Gasteiger partial charge in [0, 0.05) is 24.9 Å². The molecule has 4 nitrogen and oxygen atoms in total. The third-order valence-electron chi connectivity index (χ3n) is 2.73. The lowest BCUT2D eigenvalue weighted by molar-refractivity contribution is 0.911. The largest absolute Gasteiger partial charge is 0.369 e. The Bertz CT molecular complexity index is 476. The molecule has 0 saturated carbocycles. The predicted octanol–water partition coefficient (Wildman–Crippen LogP) is 2.46. The summed E-state index contributed by atoms with van der Waals surface area (Å²) in [6.07, 6.45) is 3.67. The molecule has 4 heteroatoms. The predicted molar refractivity (Wildman–Crippen MR) is 72.6 cm³/mol. The van der Waals surface area contributed by atoms with Crippen molar-refractivity contribution in [3.05, 3.63) is 47.4 Å². The average molecular weight is 242 g/mol. The maximum absolute atomic E-state index is 4.42. The van der Waals surface area contributed by atoms with Crippen molar-refractivity contribution in [2.24, 2.45) is 0 Å². The van der Waals surface area contributed by atoms with E-state index in [-0.39, 0.29) is 0 Å². The van der Waals surface area contributed by atoms with Gasteiger partial charge in [0.1, 0.15) is 5.82 Å². The highest BCUT2D eigenvalue weighted by molar-refractivity contribution is 5.33. The molecule has 0 unspecified atom stereocenters. The number of pyridine rings is 1. The van der Waals surface area contributed by atoms with E-state index in [0.29, 0.717) is 0 Å². The summed E-state index contributed by atoms with van der Waals surface area (Å²) < 4.78 is 0. The SMILES string of the molecule is CCNc1ccc(Cc2ccc(CC)cn2)nn1. The molecule has 0 aliphatic carbocycles. The highest BCUT2D eigenvalue weighted by Gasteiger charge is 2.01. The van der Waals surface area contributed by atoms with Crippen LogP contribution in [0.5, 0.6) is 0 Å². The second kappa shape index (κ2) is 6.10. The summed E-state index contributed by atoms with van der Waals surface area (Å²) in [4.78, 5) is 4.42. The Morgan fingerprint density at radius 2 is 1.83 bits per heavy atom. The van der Waals surface area contributed by atoms with E-state index in [9.17, 15) is 0 Å². The van der Waals surface area contributed by atoms with Crippen molar-refractivity contribution < 1.29 is 0 Å². The first-order valence-electron chi connectivity index (χ1n) is 6.32. The van der Waals surface area contributed by atoms with E-state index in [1.165, 1.54) is 5.56 Å². The van der Waals surface area contributed by atoms with Gasteiger partial charge in [0.05, 0.1) is 5.69 Å². The first kappa shape index (κ1) is 12.5. The Balaban J connectivity index is 2.03. The van der Waals surface area contributed by atoms with Crippen LogP contribution < -0.4 is 5.32 Å². The lowest BCUT2D eigenvalue weighted by Gasteiger charge is -2.03. The van der Waals surface area contributed by atoms with Crippen LogP contribution in [0.25, 0.3) is 0 Å². The maximum atomic E-state index is 4.42. The molecule has 2 heterocycles. The van der Waals surface area contributed by atoms with Crippen LogP contribution in [0.1, 0.15) is 30.8 Å². The van der Waals surface area contributed by atoms with E-state index in [1.54, 1.807) is 0 Å². The minimum absolute atomic E-state index is 0.726. The lowest BCUT2D eigenvalue weighted by Crippen LogP contribution is -2.03. The molecule has 18 heavy (non-hydrogen) atoms. The fraction of sp³-hybridized carbons (Fsp3) is 0.357. The van der Waals surface area contributed by atoms with Crippen LogP contribution in [0.3, 0.4) is 0 Å². The zero-order chi connectivity index (χ0) is 12.8. The van der Waals surface area contributed by atoms with Crippen LogP contribution in [0.15, 0.2) is 30.5 Å². The van der Waals surface area contributed by atoms with Crippen molar-refractivity contribution in [3.8, 4) is 0 Å². The maximum Gasteiger partial charge on any atom is 0.148 e. The summed E-state index contributed by atoms with van der Waals surface area (Å²) in [5, 5.41) is 11.4. The molecule has 0 amide bonds.